The van der Waals surface area contributed by atoms with Crippen LogP contribution in [0.2, 0.25) is 0 Å². The van der Waals surface area contributed by atoms with Crippen molar-refractivity contribution >= 4 is 11.3 Å². The van der Waals surface area contributed by atoms with E-state index in [9.17, 15) is 0 Å². The molecule has 1 fully saturated rings. The molecule has 0 saturated carbocycles. The Morgan fingerprint density at radius 3 is 3.10 bits per heavy atom. The van der Waals surface area contributed by atoms with Gasteiger partial charge in [0.2, 0.25) is 0 Å². The van der Waals surface area contributed by atoms with E-state index >= 15 is 0 Å². The van der Waals surface area contributed by atoms with Crippen LogP contribution in [0.4, 0.5) is 0 Å². The van der Waals surface area contributed by atoms with Gasteiger partial charge in [0.1, 0.15) is 5.01 Å². The van der Waals surface area contributed by atoms with Gasteiger partial charge >= 0.3 is 0 Å². The minimum absolute atomic E-state index is 0.494. The van der Waals surface area contributed by atoms with Gasteiger partial charge < -0.3 is 5.73 Å². The molecule has 3 heterocycles. The van der Waals surface area contributed by atoms with Crippen LogP contribution >= 0.6 is 11.3 Å². The summed E-state index contributed by atoms with van der Waals surface area (Å²) in [5.74, 6) is 0.786. The lowest BCUT2D eigenvalue weighted by Gasteiger charge is -2.37. The number of nitrogens with zero attached hydrogens (tertiary/aromatic N) is 3. The van der Waals surface area contributed by atoms with Crippen molar-refractivity contribution in [2.24, 2.45) is 11.7 Å². The molecule has 4 nitrogen and oxygen atoms in total. The van der Waals surface area contributed by atoms with Gasteiger partial charge in [-0.25, -0.2) is 4.98 Å². The molecule has 2 atom stereocenters. The van der Waals surface area contributed by atoms with Crippen molar-refractivity contribution in [2.75, 3.05) is 13.1 Å². The lowest BCUT2D eigenvalue weighted by molar-refractivity contribution is 0.114. The third kappa shape index (κ3) is 3.48. The minimum Gasteiger partial charge on any atom is -0.329 e. The lowest BCUT2D eigenvalue weighted by atomic mass is 9.92. The number of hydrogen-bond donors (Lipinski definition) is 1. The molecule has 0 spiro atoms. The van der Waals surface area contributed by atoms with Crippen LogP contribution in [0.1, 0.15) is 25.5 Å². The molecule has 0 aromatic carbocycles. The number of pyridine rings is 1. The number of likely N-dealkylation sites (tertiary alicyclic amines) is 1. The number of aromatic nitrogens is 2. The summed E-state index contributed by atoms with van der Waals surface area (Å²) in [6.45, 7) is 5.08. The summed E-state index contributed by atoms with van der Waals surface area (Å²) in [5, 5.41) is 3.15. The zero-order valence-electron chi connectivity index (χ0n) is 12.4. The summed E-state index contributed by atoms with van der Waals surface area (Å²) in [6.07, 6.45) is 4.27. The van der Waals surface area contributed by atoms with Crippen LogP contribution in [0.25, 0.3) is 10.7 Å². The monoisotopic (exact) mass is 302 g/mol. The fraction of sp³-hybridized carbons (Fsp3) is 0.500. The molecule has 1 aliphatic heterocycles. The molecule has 1 aliphatic rings. The first-order valence-electron chi connectivity index (χ1n) is 7.56. The molecule has 2 aromatic rings. The van der Waals surface area contributed by atoms with Crippen LogP contribution in [0.3, 0.4) is 0 Å². The largest absolute Gasteiger partial charge is 0.329 e. The molecule has 112 valence electrons. The van der Waals surface area contributed by atoms with Gasteiger partial charge in [0.05, 0.1) is 11.4 Å². The first-order chi connectivity index (χ1) is 10.3. The van der Waals surface area contributed by atoms with Crippen LogP contribution in [-0.2, 0) is 6.54 Å². The lowest BCUT2D eigenvalue weighted by Crippen LogP contribution is -2.45. The second kappa shape index (κ2) is 6.64. The van der Waals surface area contributed by atoms with E-state index in [-0.39, 0.29) is 0 Å². The smallest absolute Gasteiger partial charge is 0.142 e. The van der Waals surface area contributed by atoms with Crippen molar-refractivity contribution in [3.8, 4) is 10.7 Å². The van der Waals surface area contributed by atoms with E-state index in [1.807, 2.05) is 24.4 Å². The average Bonchev–Trinajstić information content (AvgIpc) is 2.98. The Labute approximate surface area is 130 Å². The molecule has 21 heavy (non-hydrogen) atoms. The van der Waals surface area contributed by atoms with Crippen LogP contribution < -0.4 is 5.73 Å². The van der Waals surface area contributed by atoms with E-state index < -0.39 is 0 Å². The van der Waals surface area contributed by atoms with E-state index in [1.165, 1.54) is 12.8 Å². The summed E-state index contributed by atoms with van der Waals surface area (Å²) >= 11 is 1.67. The normalized spacial score (nSPS) is 23.3. The maximum Gasteiger partial charge on any atom is 0.142 e. The molecule has 0 aliphatic carbocycles. The molecular weight excluding hydrogens is 280 g/mol. The molecule has 3 rings (SSSR count). The number of thiazole rings is 1. The standard InChI is InChI=1S/C16H22N4S/c1-12-5-7-20(14(8-12)9-17)10-13-11-21-16(19-13)15-4-2-3-6-18-15/h2-4,6,11-12,14H,5,7-10,17H2,1H3. The van der Waals surface area contributed by atoms with E-state index in [2.05, 4.69) is 22.2 Å². The molecule has 1 saturated heterocycles. The Morgan fingerprint density at radius 1 is 1.43 bits per heavy atom. The highest BCUT2D eigenvalue weighted by Crippen LogP contribution is 2.26. The molecule has 0 amide bonds. The zero-order valence-corrected chi connectivity index (χ0v) is 13.2. The van der Waals surface area contributed by atoms with Crippen molar-refractivity contribution < 1.29 is 0 Å². The molecule has 2 N–H and O–H groups in total. The van der Waals surface area contributed by atoms with E-state index in [0.717, 1.165) is 41.9 Å². The number of rotatable bonds is 4. The van der Waals surface area contributed by atoms with Crippen molar-refractivity contribution in [3.05, 3.63) is 35.5 Å². The topological polar surface area (TPSA) is 55.0 Å². The maximum absolute atomic E-state index is 5.94. The fourth-order valence-electron chi connectivity index (χ4n) is 2.95. The van der Waals surface area contributed by atoms with Crippen molar-refractivity contribution in [1.82, 2.24) is 14.9 Å². The van der Waals surface area contributed by atoms with Gasteiger partial charge in [0.25, 0.3) is 0 Å². The quantitative estimate of drug-likeness (QED) is 0.943. The third-order valence-corrected chi connectivity index (χ3v) is 5.09. The van der Waals surface area contributed by atoms with Crippen LogP contribution in [0, 0.1) is 5.92 Å². The highest BCUT2D eigenvalue weighted by molar-refractivity contribution is 7.13. The second-order valence-electron chi connectivity index (χ2n) is 5.85. The van der Waals surface area contributed by atoms with E-state index in [4.69, 9.17) is 10.7 Å². The molecule has 2 unspecified atom stereocenters. The van der Waals surface area contributed by atoms with Crippen LogP contribution in [-0.4, -0.2) is 34.0 Å². The Balaban J connectivity index is 1.69. The molecule has 5 heteroatoms. The Kier molecular flexibility index (Phi) is 4.63. The predicted octanol–water partition coefficient (Wildman–Crippen LogP) is 2.76. The predicted molar refractivity (Wildman–Crippen MR) is 87.0 cm³/mol. The highest BCUT2D eigenvalue weighted by Gasteiger charge is 2.25. The van der Waals surface area contributed by atoms with Gasteiger partial charge in [-0.3, -0.25) is 9.88 Å². The highest BCUT2D eigenvalue weighted by atomic mass is 32.1. The minimum atomic E-state index is 0.494. The van der Waals surface area contributed by atoms with Crippen molar-refractivity contribution in [3.63, 3.8) is 0 Å². The van der Waals surface area contributed by atoms with Gasteiger partial charge in [0.15, 0.2) is 0 Å². The van der Waals surface area contributed by atoms with Gasteiger partial charge in [-0.05, 0) is 37.4 Å². The molecular formula is C16H22N4S. The molecule has 2 aromatic heterocycles. The summed E-state index contributed by atoms with van der Waals surface area (Å²) in [7, 11) is 0. The Hall–Kier alpha value is -1.30. The van der Waals surface area contributed by atoms with E-state index in [0.29, 0.717) is 6.04 Å². The first-order valence-corrected chi connectivity index (χ1v) is 8.44. The number of nitrogens with two attached hydrogens (primary N) is 1. The number of piperidine rings is 1. The average molecular weight is 302 g/mol. The Morgan fingerprint density at radius 2 is 2.33 bits per heavy atom. The van der Waals surface area contributed by atoms with Crippen molar-refractivity contribution in [2.45, 2.75) is 32.4 Å². The molecule has 0 radical (unpaired) electrons. The summed E-state index contributed by atoms with van der Waals surface area (Å²) in [6, 6.07) is 6.43. The molecule has 0 bridgehead atoms. The summed E-state index contributed by atoms with van der Waals surface area (Å²) in [4.78, 5) is 11.6. The second-order valence-corrected chi connectivity index (χ2v) is 6.71. The first kappa shape index (κ1) is 14.6. The third-order valence-electron chi connectivity index (χ3n) is 4.17. The number of hydrogen-bond acceptors (Lipinski definition) is 5. The SMILES string of the molecule is CC1CCN(Cc2csc(-c3ccccn3)n2)C(CN)C1. The maximum atomic E-state index is 5.94. The van der Waals surface area contributed by atoms with Gasteiger partial charge in [-0.2, -0.15) is 0 Å². The van der Waals surface area contributed by atoms with Crippen molar-refractivity contribution in [1.29, 1.82) is 0 Å². The van der Waals surface area contributed by atoms with Gasteiger partial charge in [-0.1, -0.05) is 13.0 Å². The van der Waals surface area contributed by atoms with Crippen LogP contribution in [0.15, 0.2) is 29.8 Å². The van der Waals surface area contributed by atoms with Gasteiger partial charge in [-0.15, -0.1) is 11.3 Å². The summed E-state index contributed by atoms with van der Waals surface area (Å²) in [5.41, 5.74) is 8.02. The van der Waals surface area contributed by atoms with Gasteiger partial charge in [0, 0.05) is 30.7 Å². The zero-order chi connectivity index (χ0) is 14.7. The summed E-state index contributed by atoms with van der Waals surface area (Å²) < 4.78 is 0. The Bertz CT molecular complexity index is 569. The van der Waals surface area contributed by atoms with E-state index in [1.54, 1.807) is 11.3 Å². The van der Waals surface area contributed by atoms with Crippen LogP contribution in [0.5, 0.6) is 0 Å². The fourth-order valence-corrected chi connectivity index (χ4v) is 3.73.